The topological polar surface area (TPSA) is 0 Å². The summed E-state index contributed by atoms with van der Waals surface area (Å²) in [7, 11) is 0. The third-order valence-electron chi connectivity index (χ3n) is 1.63. The maximum atomic E-state index is 12.8. The van der Waals surface area contributed by atoms with Crippen molar-refractivity contribution in [1.82, 2.24) is 0 Å². The van der Waals surface area contributed by atoms with E-state index in [1.54, 1.807) is 6.07 Å². The van der Waals surface area contributed by atoms with Crippen LogP contribution in [0, 0.1) is 5.82 Å². The molecule has 0 nitrogen and oxygen atoms in total. The second-order valence-electron chi connectivity index (χ2n) is 2.58. The van der Waals surface area contributed by atoms with Crippen LogP contribution in [-0.2, 0) is 6.42 Å². The van der Waals surface area contributed by atoms with Gasteiger partial charge in [0, 0.05) is 0 Å². The molecular weight excluding hydrogens is 198 g/mol. The highest BCUT2D eigenvalue weighted by atomic mass is 35.5. The van der Waals surface area contributed by atoms with Crippen molar-refractivity contribution in [1.29, 1.82) is 0 Å². The molecule has 0 atom stereocenters. The minimum absolute atomic E-state index is 0.0302. The standard InChI is InChI=1S/C9H9Cl2F/c1-2-3-6-4-5-7(12)9(11)8(6)10/h4-5H,2-3H2,1H3. The normalized spacial score (nSPS) is 10.3. The van der Waals surface area contributed by atoms with E-state index >= 15 is 0 Å². The van der Waals surface area contributed by atoms with E-state index in [4.69, 9.17) is 23.2 Å². The SMILES string of the molecule is CCCc1ccc(F)c(Cl)c1Cl. The van der Waals surface area contributed by atoms with Gasteiger partial charge in [-0.3, -0.25) is 0 Å². The van der Waals surface area contributed by atoms with E-state index in [2.05, 4.69) is 0 Å². The summed E-state index contributed by atoms with van der Waals surface area (Å²) >= 11 is 11.4. The van der Waals surface area contributed by atoms with Crippen molar-refractivity contribution in [2.75, 3.05) is 0 Å². The average Bonchev–Trinajstić information content (AvgIpc) is 2.07. The molecule has 1 aromatic rings. The van der Waals surface area contributed by atoms with Gasteiger partial charge in [0.1, 0.15) is 5.82 Å². The van der Waals surface area contributed by atoms with Crippen molar-refractivity contribution in [3.05, 3.63) is 33.6 Å². The molecule has 0 saturated heterocycles. The Hall–Kier alpha value is -0.270. The third kappa shape index (κ3) is 1.90. The monoisotopic (exact) mass is 206 g/mol. The van der Waals surface area contributed by atoms with E-state index in [0.717, 1.165) is 18.4 Å². The van der Waals surface area contributed by atoms with Crippen LogP contribution in [0.1, 0.15) is 18.9 Å². The molecule has 3 heteroatoms. The summed E-state index contributed by atoms with van der Waals surface area (Å²) in [6.07, 6.45) is 1.81. The van der Waals surface area contributed by atoms with Crippen molar-refractivity contribution in [2.45, 2.75) is 19.8 Å². The Bertz CT molecular complexity index is 284. The average molecular weight is 207 g/mol. The van der Waals surface area contributed by atoms with Crippen molar-refractivity contribution in [2.24, 2.45) is 0 Å². The predicted octanol–water partition coefficient (Wildman–Crippen LogP) is 4.09. The molecule has 0 heterocycles. The quantitative estimate of drug-likeness (QED) is 0.640. The number of hydrogen-bond acceptors (Lipinski definition) is 0. The van der Waals surface area contributed by atoms with Gasteiger partial charge >= 0.3 is 0 Å². The van der Waals surface area contributed by atoms with E-state index in [1.165, 1.54) is 6.07 Å². The molecule has 0 unspecified atom stereocenters. The highest BCUT2D eigenvalue weighted by molar-refractivity contribution is 6.42. The molecule has 0 aliphatic carbocycles. The molecule has 0 spiro atoms. The number of aryl methyl sites for hydroxylation is 1. The fourth-order valence-corrected chi connectivity index (χ4v) is 1.46. The first-order valence-electron chi connectivity index (χ1n) is 3.79. The summed E-state index contributed by atoms with van der Waals surface area (Å²) in [5, 5.41) is 0.376. The van der Waals surface area contributed by atoms with E-state index in [1.807, 2.05) is 6.92 Å². The van der Waals surface area contributed by atoms with Crippen LogP contribution in [0.5, 0.6) is 0 Å². The first-order valence-corrected chi connectivity index (χ1v) is 4.54. The summed E-state index contributed by atoms with van der Waals surface area (Å²) in [5.74, 6) is -0.457. The summed E-state index contributed by atoms with van der Waals surface area (Å²) in [5.41, 5.74) is 0.908. The highest BCUT2D eigenvalue weighted by Gasteiger charge is 2.08. The summed E-state index contributed by atoms with van der Waals surface area (Å²) < 4.78 is 12.8. The predicted molar refractivity (Wildman–Crippen MR) is 50.4 cm³/mol. The first-order chi connectivity index (χ1) is 5.66. The Balaban J connectivity index is 3.08. The lowest BCUT2D eigenvalue weighted by atomic mass is 10.1. The van der Waals surface area contributed by atoms with Crippen molar-refractivity contribution >= 4 is 23.2 Å². The van der Waals surface area contributed by atoms with Gasteiger partial charge in [0.25, 0.3) is 0 Å². The number of rotatable bonds is 2. The van der Waals surface area contributed by atoms with Gasteiger partial charge in [-0.1, -0.05) is 42.6 Å². The fraction of sp³-hybridized carbons (Fsp3) is 0.333. The molecule has 1 aromatic carbocycles. The minimum atomic E-state index is -0.457. The molecule has 0 aliphatic rings. The van der Waals surface area contributed by atoms with Crippen molar-refractivity contribution in [3.8, 4) is 0 Å². The Kier molecular flexibility index (Phi) is 3.36. The van der Waals surface area contributed by atoms with Crippen molar-refractivity contribution < 1.29 is 4.39 Å². The van der Waals surface area contributed by atoms with Crippen LogP contribution in [-0.4, -0.2) is 0 Å². The zero-order valence-electron chi connectivity index (χ0n) is 6.70. The molecule has 0 N–H and O–H groups in total. The molecule has 0 saturated carbocycles. The van der Waals surface area contributed by atoms with Gasteiger partial charge in [-0.2, -0.15) is 0 Å². The molecule has 0 amide bonds. The minimum Gasteiger partial charge on any atom is -0.205 e. The van der Waals surface area contributed by atoms with E-state index in [9.17, 15) is 4.39 Å². The van der Waals surface area contributed by atoms with Gasteiger partial charge < -0.3 is 0 Å². The molecule has 0 radical (unpaired) electrons. The number of halogens is 3. The molecule has 1 rings (SSSR count). The van der Waals surface area contributed by atoms with Gasteiger partial charge in [-0.25, -0.2) is 4.39 Å². The largest absolute Gasteiger partial charge is 0.205 e. The summed E-state index contributed by atoms with van der Waals surface area (Å²) in [4.78, 5) is 0. The van der Waals surface area contributed by atoms with Crippen LogP contribution in [0.15, 0.2) is 12.1 Å². The molecule has 0 bridgehead atoms. The molecular formula is C9H9Cl2F. The maximum absolute atomic E-state index is 12.8. The smallest absolute Gasteiger partial charge is 0.143 e. The van der Waals surface area contributed by atoms with Gasteiger partial charge in [0.05, 0.1) is 10.0 Å². The lowest BCUT2D eigenvalue weighted by Gasteiger charge is -2.04. The van der Waals surface area contributed by atoms with Crippen LogP contribution in [0.25, 0.3) is 0 Å². The summed E-state index contributed by atoms with van der Waals surface area (Å²) in [6, 6.07) is 3.02. The second-order valence-corrected chi connectivity index (χ2v) is 3.34. The van der Waals surface area contributed by atoms with Crippen LogP contribution in [0.3, 0.4) is 0 Å². The lowest BCUT2D eigenvalue weighted by molar-refractivity contribution is 0.627. The fourth-order valence-electron chi connectivity index (χ4n) is 1.03. The van der Waals surface area contributed by atoms with Gasteiger partial charge in [-0.15, -0.1) is 0 Å². The van der Waals surface area contributed by atoms with Crippen LogP contribution >= 0.6 is 23.2 Å². The van der Waals surface area contributed by atoms with Gasteiger partial charge in [0.2, 0.25) is 0 Å². The van der Waals surface area contributed by atoms with Crippen LogP contribution in [0.2, 0.25) is 10.0 Å². The highest BCUT2D eigenvalue weighted by Crippen LogP contribution is 2.29. The van der Waals surface area contributed by atoms with Gasteiger partial charge in [-0.05, 0) is 18.1 Å². The molecule has 66 valence electrons. The zero-order valence-corrected chi connectivity index (χ0v) is 8.21. The van der Waals surface area contributed by atoms with E-state index in [0.29, 0.717) is 5.02 Å². The lowest BCUT2D eigenvalue weighted by Crippen LogP contribution is -1.88. The van der Waals surface area contributed by atoms with Crippen LogP contribution < -0.4 is 0 Å². The van der Waals surface area contributed by atoms with E-state index < -0.39 is 5.82 Å². The maximum Gasteiger partial charge on any atom is 0.143 e. The third-order valence-corrected chi connectivity index (χ3v) is 2.53. The molecule has 0 aliphatic heterocycles. The molecule has 0 fully saturated rings. The Labute approximate surface area is 81.3 Å². The number of benzene rings is 1. The second kappa shape index (κ2) is 4.11. The first kappa shape index (κ1) is 9.82. The Morgan fingerprint density at radius 1 is 1.25 bits per heavy atom. The summed E-state index contributed by atoms with van der Waals surface area (Å²) in [6.45, 7) is 2.04. The van der Waals surface area contributed by atoms with Crippen LogP contribution in [0.4, 0.5) is 4.39 Å². The van der Waals surface area contributed by atoms with Crippen molar-refractivity contribution in [3.63, 3.8) is 0 Å². The molecule has 0 aromatic heterocycles. The zero-order chi connectivity index (χ0) is 9.14. The van der Waals surface area contributed by atoms with Gasteiger partial charge in [0.15, 0.2) is 0 Å². The number of hydrogen-bond donors (Lipinski definition) is 0. The van der Waals surface area contributed by atoms with E-state index in [-0.39, 0.29) is 5.02 Å². The Morgan fingerprint density at radius 3 is 2.50 bits per heavy atom. The Morgan fingerprint density at radius 2 is 1.92 bits per heavy atom. The molecule has 12 heavy (non-hydrogen) atoms.